The Bertz CT molecular complexity index is 4090. The number of rotatable bonds is 6. The molecule has 0 atom stereocenters. The predicted molar refractivity (Wildman–Crippen MR) is 284 cm³/mol. The molecule has 318 valence electrons. The van der Waals surface area contributed by atoms with Gasteiger partial charge in [-0.15, -0.1) is 0 Å². The first kappa shape index (κ1) is 37.5. The summed E-state index contributed by atoms with van der Waals surface area (Å²) in [7, 11) is 0. The molecular weight excluding hydrogens is 809 g/mol. The maximum Gasteiger partial charge on any atom is 0.0579 e. The average molecular weight is 857 g/mol. The summed E-state index contributed by atoms with van der Waals surface area (Å²) in [4.78, 5) is 0. The van der Waals surface area contributed by atoms with Crippen LogP contribution in [0.2, 0.25) is 0 Å². The van der Waals surface area contributed by atoms with E-state index < -0.39 is 0 Å². The summed E-state index contributed by atoms with van der Waals surface area (Å²) in [6, 6.07) is 54.2. The Morgan fingerprint density at radius 2 is 1.00 bits per heavy atom. The van der Waals surface area contributed by atoms with Gasteiger partial charge in [0.15, 0.2) is 0 Å². The van der Waals surface area contributed by atoms with Crippen molar-refractivity contribution < 1.29 is 0 Å². The van der Waals surface area contributed by atoms with Crippen molar-refractivity contribution in [3.05, 3.63) is 215 Å². The highest BCUT2D eigenvalue weighted by molar-refractivity contribution is 6.18. The molecule has 2 heteroatoms. The SMILES string of the molecule is C=C/C=C(\C=C/C)n1c2ccc(-c3ccc4c5c(cccc35)CC4)cc2c2cc3c4c(c21)CCc1c-4c(cc2c4cc(-c5ccc6c7c(cccc57)CC6)ccc4n(-c4ccccc4)c12)CC3. The minimum absolute atomic E-state index is 0.975. The first-order chi connectivity index (χ1) is 33.1. The fourth-order valence-corrected chi connectivity index (χ4v) is 13.6. The van der Waals surface area contributed by atoms with Crippen LogP contribution >= 0.6 is 0 Å². The summed E-state index contributed by atoms with van der Waals surface area (Å²) in [5.74, 6) is 0. The van der Waals surface area contributed by atoms with Gasteiger partial charge in [-0.2, -0.15) is 0 Å². The molecule has 0 saturated heterocycles. The number of hydrogen-bond acceptors (Lipinski definition) is 0. The van der Waals surface area contributed by atoms with Crippen molar-refractivity contribution in [1.29, 1.82) is 0 Å². The van der Waals surface area contributed by atoms with Crippen LogP contribution < -0.4 is 0 Å². The number of hydrogen-bond donors (Lipinski definition) is 0. The van der Waals surface area contributed by atoms with E-state index in [4.69, 9.17) is 0 Å². The van der Waals surface area contributed by atoms with Crippen LogP contribution in [0.5, 0.6) is 0 Å². The van der Waals surface area contributed by atoms with Crippen molar-refractivity contribution in [2.24, 2.45) is 0 Å². The largest absolute Gasteiger partial charge is 0.309 e. The number of aryl methyl sites for hydroxylation is 8. The summed E-state index contributed by atoms with van der Waals surface area (Å²) in [5, 5.41) is 11.1. The fourth-order valence-electron chi connectivity index (χ4n) is 13.6. The van der Waals surface area contributed by atoms with Crippen LogP contribution in [0, 0.1) is 0 Å². The van der Waals surface area contributed by atoms with Crippen LogP contribution in [-0.4, -0.2) is 9.13 Å². The van der Waals surface area contributed by atoms with E-state index in [2.05, 4.69) is 180 Å². The van der Waals surface area contributed by atoms with E-state index >= 15 is 0 Å². The second kappa shape index (κ2) is 13.9. The molecule has 9 aromatic carbocycles. The molecule has 2 aromatic heterocycles. The molecule has 2 heterocycles. The lowest BCUT2D eigenvalue weighted by Crippen LogP contribution is -2.16. The molecule has 0 aliphatic heterocycles. The van der Waals surface area contributed by atoms with E-state index in [9.17, 15) is 0 Å². The number of para-hydroxylation sites is 1. The molecule has 0 fully saturated rings. The minimum Gasteiger partial charge on any atom is -0.309 e. The average Bonchev–Trinajstić information content (AvgIpc) is 4.16. The predicted octanol–water partition coefficient (Wildman–Crippen LogP) is 16.2. The van der Waals surface area contributed by atoms with Crippen LogP contribution in [0.15, 0.2) is 170 Å². The van der Waals surface area contributed by atoms with E-state index in [0.717, 1.165) is 57.1 Å². The molecule has 0 N–H and O–H groups in total. The standard InChI is InChI=1S/C65H48N2/c1-3-10-46(11-4-2)66-58-32-26-42(48-28-24-40-20-18-38-12-8-16-50(48)60(38)40)34-54(58)56-36-44-22-23-45-37-57-55-35-43(49-29-25-41-21-19-39-13-9-17-51(49)61(39)41)27-33-59(55)67(47-14-6-5-7-15-47)65(57)53-31-30-52(64(56)66)62(44)63(45)53/h3-17,24-29,32-37H,1,18-23,30-31H2,2H3/b11-4-,46-10+. The van der Waals surface area contributed by atoms with Gasteiger partial charge in [-0.05, 0) is 218 Å². The maximum absolute atomic E-state index is 4.21. The molecule has 15 rings (SSSR count). The van der Waals surface area contributed by atoms with E-state index in [1.807, 2.05) is 6.08 Å². The second-order valence-corrected chi connectivity index (χ2v) is 19.6. The highest BCUT2D eigenvalue weighted by Gasteiger charge is 2.33. The highest BCUT2D eigenvalue weighted by atomic mass is 15.0. The smallest absolute Gasteiger partial charge is 0.0579 e. The number of aromatic nitrogens is 2. The van der Waals surface area contributed by atoms with Gasteiger partial charge in [-0.1, -0.05) is 110 Å². The zero-order valence-corrected chi connectivity index (χ0v) is 37.8. The third-order valence-corrected chi connectivity index (χ3v) is 16.3. The number of benzene rings is 9. The monoisotopic (exact) mass is 856 g/mol. The third-order valence-electron chi connectivity index (χ3n) is 16.3. The number of fused-ring (bicyclic) bond motifs is 8. The summed E-state index contributed by atoms with van der Waals surface area (Å²) in [6.45, 7) is 6.33. The van der Waals surface area contributed by atoms with Crippen molar-refractivity contribution in [2.75, 3.05) is 0 Å². The molecule has 0 unspecified atom stereocenters. The first-order valence-electron chi connectivity index (χ1n) is 24.5. The van der Waals surface area contributed by atoms with E-state index in [-0.39, 0.29) is 0 Å². The van der Waals surface area contributed by atoms with E-state index in [1.54, 1.807) is 0 Å². The normalized spacial score (nSPS) is 14.9. The Labute approximate surface area is 390 Å². The number of allylic oxidation sites excluding steroid dienone is 5. The number of nitrogens with zero attached hydrogens (tertiary/aromatic N) is 2. The topological polar surface area (TPSA) is 9.86 Å². The lowest BCUT2D eigenvalue weighted by atomic mass is 9.74. The van der Waals surface area contributed by atoms with Crippen molar-refractivity contribution >= 4 is 70.9 Å². The molecule has 0 saturated carbocycles. The lowest BCUT2D eigenvalue weighted by molar-refractivity contribution is 0.884. The zero-order chi connectivity index (χ0) is 44.1. The van der Waals surface area contributed by atoms with Crippen LogP contribution in [0.4, 0.5) is 0 Å². The first-order valence-corrected chi connectivity index (χ1v) is 24.5. The Balaban J connectivity index is 0.994. The van der Waals surface area contributed by atoms with Crippen molar-refractivity contribution in [3.8, 4) is 39.1 Å². The van der Waals surface area contributed by atoms with Crippen LogP contribution in [-0.2, 0) is 51.4 Å². The molecular formula is C65H48N2. The van der Waals surface area contributed by atoms with Gasteiger partial charge >= 0.3 is 0 Å². The van der Waals surface area contributed by atoms with Gasteiger partial charge in [0.05, 0.1) is 22.1 Å². The molecule has 0 bridgehead atoms. The lowest BCUT2D eigenvalue weighted by Gasteiger charge is -2.31. The molecule has 4 aliphatic carbocycles. The van der Waals surface area contributed by atoms with Gasteiger partial charge in [0.2, 0.25) is 0 Å². The van der Waals surface area contributed by atoms with Crippen molar-refractivity contribution in [3.63, 3.8) is 0 Å². The van der Waals surface area contributed by atoms with Gasteiger partial charge < -0.3 is 9.13 Å². The van der Waals surface area contributed by atoms with Gasteiger partial charge in [0, 0.05) is 32.9 Å². The zero-order valence-electron chi connectivity index (χ0n) is 37.8. The maximum atomic E-state index is 4.21. The van der Waals surface area contributed by atoms with Crippen molar-refractivity contribution in [1.82, 2.24) is 9.13 Å². The molecule has 0 spiro atoms. The van der Waals surface area contributed by atoms with Gasteiger partial charge in [0.25, 0.3) is 0 Å². The van der Waals surface area contributed by atoms with Gasteiger partial charge in [-0.3, -0.25) is 0 Å². The highest BCUT2D eigenvalue weighted by Crippen LogP contribution is 2.52. The van der Waals surface area contributed by atoms with Crippen LogP contribution in [0.25, 0.3) is 110 Å². The molecule has 2 nitrogen and oxygen atoms in total. The van der Waals surface area contributed by atoms with E-state index in [0.29, 0.717) is 0 Å². The van der Waals surface area contributed by atoms with Gasteiger partial charge in [-0.25, -0.2) is 0 Å². The summed E-state index contributed by atoms with van der Waals surface area (Å²) >= 11 is 0. The molecule has 4 aliphatic rings. The Kier molecular flexibility index (Phi) is 7.80. The van der Waals surface area contributed by atoms with Crippen LogP contribution in [0.1, 0.15) is 51.4 Å². The summed E-state index contributed by atoms with van der Waals surface area (Å²) in [5.41, 5.74) is 27.7. The molecule has 0 amide bonds. The second-order valence-electron chi connectivity index (χ2n) is 19.6. The summed E-state index contributed by atoms with van der Waals surface area (Å²) < 4.78 is 5.14. The molecule has 11 aromatic rings. The molecule has 67 heavy (non-hydrogen) atoms. The van der Waals surface area contributed by atoms with Gasteiger partial charge in [0.1, 0.15) is 0 Å². The molecule has 0 radical (unpaired) electrons. The Hall–Kier alpha value is -7.68. The fraction of sp³-hybridized carbons (Fsp3) is 0.138. The van der Waals surface area contributed by atoms with Crippen LogP contribution in [0.3, 0.4) is 0 Å². The van der Waals surface area contributed by atoms with Crippen molar-refractivity contribution in [2.45, 2.75) is 58.3 Å². The Morgan fingerprint density at radius 1 is 0.463 bits per heavy atom. The third kappa shape index (κ3) is 5.11. The van der Waals surface area contributed by atoms with E-state index in [1.165, 1.54) is 149 Å². The summed E-state index contributed by atoms with van der Waals surface area (Å²) in [6.07, 6.45) is 17.1. The minimum atomic E-state index is 0.975. The Morgan fingerprint density at radius 3 is 1.60 bits per heavy atom. The quantitative estimate of drug-likeness (QED) is 0.147.